The SMILES string of the molecule is COC(=O)[C@H](Cl)Cc1cnc[nH]1. The van der Waals surface area contributed by atoms with Crippen molar-refractivity contribution in [3.8, 4) is 0 Å². The van der Waals surface area contributed by atoms with Gasteiger partial charge in [0.05, 0.1) is 13.4 Å². The molecule has 1 aromatic heterocycles. The second-order valence-corrected chi connectivity index (χ2v) is 2.80. The van der Waals surface area contributed by atoms with Crippen LogP contribution < -0.4 is 0 Å². The maximum atomic E-state index is 10.8. The molecule has 1 aromatic rings. The Bertz CT molecular complexity index is 248. The summed E-state index contributed by atoms with van der Waals surface area (Å²) >= 11 is 5.70. The van der Waals surface area contributed by atoms with Crippen LogP contribution >= 0.6 is 11.6 Å². The summed E-state index contributed by atoms with van der Waals surface area (Å²) in [7, 11) is 1.31. The second-order valence-electron chi connectivity index (χ2n) is 2.27. The number of halogens is 1. The zero-order chi connectivity index (χ0) is 8.97. The van der Waals surface area contributed by atoms with Crippen LogP contribution in [0.3, 0.4) is 0 Å². The van der Waals surface area contributed by atoms with Crippen LogP contribution in [0.5, 0.6) is 0 Å². The first kappa shape index (κ1) is 9.06. The molecule has 0 saturated carbocycles. The van der Waals surface area contributed by atoms with Crippen molar-refractivity contribution in [1.82, 2.24) is 9.97 Å². The summed E-state index contributed by atoms with van der Waals surface area (Å²) in [5.41, 5.74) is 0.820. The Morgan fingerprint density at radius 1 is 1.92 bits per heavy atom. The van der Waals surface area contributed by atoms with Gasteiger partial charge in [-0.05, 0) is 0 Å². The standard InChI is InChI=1S/C7H9ClN2O2/c1-12-7(11)6(8)2-5-3-9-4-10-5/h3-4,6H,2H2,1H3,(H,9,10)/t6-/m1/s1. The molecule has 4 nitrogen and oxygen atoms in total. The number of hydrogen-bond acceptors (Lipinski definition) is 3. The number of rotatable bonds is 3. The predicted octanol–water partition coefficient (Wildman–Crippen LogP) is 0.733. The number of carbonyl (C=O) groups is 1. The van der Waals surface area contributed by atoms with Crippen LogP contribution in [0.2, 0.25) is 0 Å². The van der Waals surface area contributed by atoms with Crippen molar-refractivity contribution >= 4 is 17.6 Å². The molecule has 0 aliphatic rings. The molecule has 0 saturated heterocycles. The highest BCUT2D eigenvalue weighted by Crippen LogP contribution is 2.06. The van der Waals surface area contributed by atoms with E-state index in [-0.39, 0.29) is 0 Å². The molecule has 0 spiro atoms. The van der Waals surface area contributed by atoms with Crippen LogP contribution in [0.1, 0.15) is 5.69 Å². The molecule has 1 N–H and O–H groups in total. The molecule has 0 amide bonds. The fourth-order valence-corrected chi connectivity index (χ4v) is 1.06. The largest absolute Gasteiger partial charge is 0.468 e. The van der Waals surface area contributed by atoms with Gasteiger partial charge in [0.15, 0.2) is 0 Å². The van der Waals surface area contributed by atoms with Crippen LogP contribution in [0, 0.1) is 0 Å². The average Bonchev–Trinajstić information content (AvgIpc) is 2.55. The van der Waals surface area contributed by atoms with Crippen molar-refractivity contribution in [1.29, 1.82) is 0 Å². The Morgan fingerprint density at radius 2 is 2.67 bits per heavy atom. The van der Waals surface area contributed by atoms with E-state index < -0.39 is 11.3 Å². The Morgan fingerprint density at radius 3 is 3.17 bits per heavy atom. The molecule has 1 rings (SSSR count). The van der Waals surface area contributed by atoms with E-state index in [2.05, 4.69) is 14.7 Å². The molecule has 66 valence electrons. The van der Waals surface area contributed by atoms with E-state index in [0.29, 0.717) is 6.42 Å². The van der Waals surface area contributed by atoms with Crippen molar-refractivity contribution in [3.63, 3.8) is 0 Å². The number of hydrogen-bond donors (Lipinski definition) is 1. The van der Waals surface area contributed by atoms with Gasteiger partial charge in [0.25, 0.3) is 0 Å². The van der Waals surface area contributed by atoms with Gasteiger partial charge in [-0.3, -0.25) is 4.79 Å². The molecule has 0 radical (unpaired) electrons. The average molecular weight is 189 g/mol. The smallest absolute Gasteiger partial charge is 0.324 e. The molecule has 0 unspecified atom stereocenters. The van der Waals surface area contributed by atoms with Gasteiger partial charge in [0.1, 0.15) is 5.38 Å². The topological polar surface area (TPSA) is 55.0 Å². The van der Waals surface area contributed by atoms with Gasteiger partial charge in [0.2, 0.25) is 0 Å². The van der Waals surface area contributed by atoms with Crippen molar-refractivity contribution < 1.29 is 9.53 Å². The molecule has 1 atom stereocenters. The summed E-state index contributed by atoms with van der Waals surface area (Å²) in [5, 5.41) is -0.643. The first-order valence-corrected chi connectivity index (χ1v) is 3.87. The van der Waals surface area contributed by atoms with Crippen molar-refractivity contribution in [3.05, 3.63) is 18.2 Å². The number of esters is 1. The number of aromatic amines is 1. The zero-order valence-corrected chi connectivity index (χ0v) is 7.34. The summed E-state index contributed by atoms with van der Waals surface area (Å²) < 4.78 is 4.46. The lowest BCUT2D eigenvalue weighted by molar-refractivity contribution is -0.140. The molecule has 0 bridgehead atoms. The van der Waals surface area contributed by atoms with Crippen molar-refractivity contribution in [2.45, 2.75) is 11.8 Å². The van der Waals surface area contributed by atoms with Gasteiger partial charge >= 0.3 is 5.97 Å². The minimum Gasteiger partial charge on any atom is -0.468 e. The number of nitrogens with zero attached hydrogens (tertiary/aromatic N) is 1. The molecule has 0 fully saturated rings. The molecule has 0 aliphatic carbocycles. The van der Waals surface area contributed by atoms with E-state index in [1.165, 1.54) is 13.4 Å². The van der Waals surface area contributed by atoms with E-state index in [0.717, 1.165) is 5.69 Å². The number of alkyl halides is 1. The molecular weight excluding hydrogens is 180 g/mol. The van der Waals surface area contributed by atoms with Crippen LogP contribution in [0.15, 0.2) is 12.5 Å². The Balaban J connectivity index is 2.47. The van der Waals surface area contributed by atoms with Crippen LogP contribution in [-0.4, -0.2) is 28.4 Å². The monoisotopic (exact) mass is 188 g/mol. The Hall–Kier alpha value is -1.03. The minimum absolute atomic E-state index is 0.411. The lowest BCUT2D eigenvalue weighted by Gasteiger charge is -2.04. The summed E-state index contributed by atoms with van der Waals surface area (Å²) in [4.78, 5) is 17.5. The number of methoxy groups -OCH3 is 1. The third kappa shape index (κ3) is 2.23. The molecule has 5 heteroatoms. The minimum atomic E-state index is -0.643. The van der Waals surface area contributed by atoms with Gasteiger partial charge in [-0.15, -0.1) is 11.6 Å². The zero-order valence-electron chi connectivity index (χ0n) is 6.58. The maximum Gasteiger partial charge on any atom is 0.324 e. The van der Waals surface area contributed by atoms with E-state index >= 15 is 0 Å². The van der Waals surface area contributed by atoms with E-state index in [1.54, 1.807) is 6.20 Å². The van der Waals surface area contributed by atoms with Crippen molar-refractivity contribution in [2.75, 3.05) is 7.11 Å². The van der Waals surface area contributed by atoms with E-state index in [1.807, 2.05) is 0 Å². The second kappa shape index (κ2) is 4.11. The first-order chi connectivity index (χ1) is 5.74. The quantitative estimate of drug-likeness (QED) is 0.562. The summed E-state index contributed by atoms with van der Waals surface area (Å²) in [5.74, 6) is -0.425. The lowest BCUT2D eigenvalue weighted by atomic mass is 10.2. The number of carbonyl (C=O) groups excluding carboxylic acids is 1. The van der Waals surface area contributed by atoms with Gasteiger partial charge in [-0.1, -0.05) is 0 Å². The van der Waals surface area contributed by atoms with Crippen molar-refractivity contribution in [2.24, 2.45) is 0 Å². The number of aromatic nitrogens is 2. The van der Waals surface area contributed by atoms with Crippen LogP contribution in [-0.2, 0) is 16.0 Å². The first-order valence-electron chi connectivity index (χ1n) is 3.43. The van der Waals surface area contributed by atoms with Gasteiger partial charge in [0, 0.05) is 18.3 Å². The summed E-state index contributed by atoms with van der Waals surface area (Å²) in [6.07, 6.45) is 3.57. The third-order valence-electron chi connectivity index (χ3n) is 1.41. The maximum absolute atomic E-state index is 10.8. The van der Waals surface area contributed by atoms with Crippen LogP contribution in [0.4, 0.5) is 0 Å². The number of nitrogens with one attached hydrogen (secondary N) is 1. The fraction of sp³-hybridized carbons (Fsp3) is 0.429. The van der Waals surface area contributed by atoms with E-state index in [4.69, 9.17) is 11.6 Å². The Kier molecular flexibility index (Phi) is 3.10. The number of H-pyrrole nitrogens is 1. The number of imidazole rings is 1. The summed E-state index contributed by atoms with van der Waals surface area (Å²) in [6, 6.07) is 0. The normalized spacial score (nSPS) is 12.5. The summed E-state index contributed by atoms with van der Waals surface area (Å²) in [6.45, 7) is 0. The Labute approximate surface area is 74.9 Å². The molecule has 0 aromatic carbocycles. The molecule has 12 heavy (non-hydrogen) atoms. The van der Waals surface area contributed by atoms with E-state index in [9.17, 15) is 4.79 Å². The lowest BCUT2D eigenvalue weighted by Crippen LogP contribution is -2.18. The number of ether oxygens (including phenoxy) is 1. The third-order valence-corrected chi connectivity index (χ3v) is 1.74. The van der Waals surface area contributed by atoms with Gasteiger partial charge in [-0.25, -0.2) is 4.98 Å². The van der Waals surface area contributed by atoms with Crippen LogP contribution in [0.25, 0.3) is 0 Å². The van der Waals surface area contributed by atoms with Gasteiger partial charge in [-0.2, -0.15) is 0 Å². The van der Waals surface area contributed by atoms with Gasteiger partial charge < -0.3 is 9.72 Å². The highest BCUT2D eigenvalue weighted by atomic mass is 35.5. The highest BCUT2D eigenvalue weighted by Gasteiger charge is 2.16. The molecular formula is C7H9ClN2O2. The predicted molar refractivity (Wildman–Crippen MR) is 43.9 cm³/mol. The molecule has 1 heterocycles. The molecule has 0 aliphatic heterocycles. The highest BCUT2D eigenvalue weighted by molar-refractivity contribution is 6.29. The fourth-order valence-electron chi connectivity index (χ4n) is 0.801.